The first-order chi connectivity index (χ1) is 9.13. The van der Waals surface area contributed by atoms with E-state index in [-0.39, 0.29) is 0 Å². The molecule has 1 aromatic heterocycles. The molecule has 0 saturated carbocycles. The van der Waals surface area contributed by atoms with Crippen molar-refractivity contribution in [1.82, 2.24) is 4.98 Å². The molecule has 96 valence electrons. The summed E-state index contributed by atoms with van der Waals surface area (Å²) in [6.45, 7) is 0. The fourth-order valence-electron chi connectivity index (χ4n) is 1.83. The highest BCUT2D eigenvalue weighted by Gasteiger charge is 2.09. The molecule has 0 unspecified atom stereocenters. The van der Waals surface area contributed by atoms with Crippen LogP contribution in [0.25, 0.3) is 10.9 Å². The summed E-state index contributed by atoms with van der Waals surface area (Å²) in [5.74, 6) is 1.30. The van der Waals surface area contributed by atoms with Gasteiger partial charge in [-0.15, -0.1) is 0 Å². The average Bonchev–Trinajstić information content (AvgIpc) is 2.75. The van der Waals surface area contributed by atoms with Crippen molar-refractivity contribution in [3.05, 3.63) is 57.1 Å². The normalized spacial score (nSPS) is 10.9. The van der Waals surface area contributed by atoms with E-state index in [1.807, 2.05) is 24.4 Å². The number of aromatic amines is 1. The monoisotopic (exact) mass is 355 g/mol. The van der Waals surface area contributed by atoms with E-state index in [1.54, 1.807) is 18.2 Å². The Bertz CT molecular complexity index is 754. The molecule has 2 aromatic carbocycles. The second-order valence-corrected chi connectivity index (χ2v) is 5.78. The molecule has 3 rings (SSSR count). The number of hydrogen-bond acceptors (Lipinski definition) is 1. The number of rotatable bonds is 2. The smallest absolute Gasteiger partial charge is 0.152 e. The third kappa shape index (κ3) is 2.59. The first-order valence-electron chi connectivity index (χ1n) is 5.53. The van der Waals surface area contributed by atoms with E-state index in [0.29, 0.717) is 15.8 Å². The minimum atomic E-state index is 0.483. The Morgan fingerprint density at radius 2 is 1.84 bits per heavy atom. The molecule has 0 spiro atoms. The van der Waals surface area contributed by atoms with Crippen LogP contribution < -0.4 is 4.74 Å². The largest absolute Gasteiger partial charge is 0.454 e. The lowest BCUT2D eigenvalue weighted by atomic mass is 10.2. The van der Waals surface area contributed by atoms with Crippen LogP contribution in [0.4, 0.5) is 0 Å². The van der Waals surface area contributed by atoms with Crippen LogP contribution >= 0.6 is 39.1 Å². The van der Waals surface area contributed by atoms with Gasteiger partial charge in [-0.05, 0) is 36.4 Å². The molecule has 0 aliphatic rings. The second-order valence-electron chi connectivity index (χ2n) is 4.02. The molecule has 0 amide bonds. The van der Waals surface area contributed by atoms with Crippen LogP contribution in [0.2, 0.25) is 10.0 Å². The minimum Gasteiger partial charge on any atom is -0.454 e. The average molecular weight is 357 g/mol. The van der Waals surface area contributed by atoms with Gasteiger partial charge in [0.05, 0.1) is 5.02 Å². The third-order valence-electron chi connectivity index (χ3n) is 2.72. The molecule has 0 saturated heterocycles. The number of ether oxygens (including phenoxy) is 1. The van der Waals surface area contributed by atoms with Gasteiger partial charge < -0.3 is 9.72 Å². The number of hydrogen-bond donors (Lipinski definition) is 1. The van der Waals surface area contributed by atoms with Gasteiger partial charge in [-0.3, -0.25) is 0 Å². The minimum absolute atomic E-state index is 0.483. The van der Waals surface area contributed by atoms with Crippen molar-refractivity contribution in [2.24, 2.45) is 0 Å². The number of halogens is 3. The summed E-state index contributed by atoms with van der Waals surface area (Å²) >= 11 is 15.4. The zero-order chi connectivity index (χ0) is 13.4. The number of nitrogens with one attached hydrogen (secondary N) is 1. The molecule has 3 aromatic rings. The zero-order valence-corrected chi connectivity index (χ0v) is 12.7. The van der Waals surface area contributed by atoms with Gasteiger partial charge in [0.1, 0.15) is 5.75 Å². The Labute approximate surface area is 128 Å². The van der Waals surface area contributed by atoms with E-state index >= 15 is 0 Å². The van der Waals surface area contributed by atoms with Crippen LogP contribution in [0.3, 0.4) is 0 Å². The highest BCUT2D eigenvalue weighted by atomic mass is 79.9. The van der Waals surface area contributed by atoms with Crippen molar-refractivity contribution < 1.29 is 4.74 Å². The molecule has 0 fully saturated rings. The van der Waals surface area contributed by atoms with Crippen LogP contribution in [-0.4, -0.2) is 4.98 Å². The molecule has 1 N–H and O–H groups in total. The van der Waals surface area contributed by atoms with E-state index in [2.05, 4.69) is 20.9 Å². The van der Waals surface area contributed by atoms with Crippen LogP contribution in [0.1, 0.15) is 0 Å². The van der Waals surface area contributed by atoms with Gasteiger partial charge in [-0.25, -0.2) is 0 Å². The van der Waals surface area contributed by atoms with E-state index in [1.165, 1.54) is 0 Å². The van der Waals surface area contributed by atoms with Gasteiger partial charge in [0.2, 0.25) is 0 Å². The third-order valence-corrected chi connectivity index (χ3v) is 3.74. The quantitative estimate of drug-likeness (QED) is 0.595. The van der Waals surface area contributed by atoms with Gasteiger partial charge in [-0.2, -0.15) is 0 Å². The maximum absolute atomic E-state index is 6.10. The number of H-pyrrole nitrogens is 1. The van der Waals surface area contributed by atoms with Crippen molar-refractivity contribution >= 4 is 50.0 Å². The zero-order valence-electron chi connectivity index (χ0n) is 9.58. The van der Waals surface area contributed by atoms with Crippen LogP contribution in [0.15, 0.2) is 47.1 Å². The molecule has 0 aliphatic carbocycles. The second kappa shape index (κ2) is 5.08. The molecular formula is C14H8BrCl2NO. The lowest BCUT2D eigenvalue weighted by molar-refractivity contribution is 0.488. The number of fused-ring (bicyclic) bond motifs is 1. The van der Waals surface area contributed by atoms with E-state index in [4.69, 9.17) is 27.9 Å². The summed E-state index contributed by atoms with van der Waals surface area (Å²) < 4.78 is 6.82. The molecule has 1 heterocycles. The molecule has 5 heteroatoms. The van der Waals surface area contributed by atoms with Gasteiger partial charge >= 0.3 is 0 Å². The first kappa shape index (κ1) is 12.9. The van der Waals surface area contributed by atoms with Crippen molar-refractivity contribution in [2.45, 2.75) is 0 Å². The van der Waals surface area contributed by atoms with E-state index in [9.17, 15) is 0 Å². The van der Waals surface area contributed by atoms with Crippen LogP contribution in [0.5, 0.6) is 11.5 Å². The standard InChI is InChI=1S/C14H8BrCl2NO/c15-8-1-3-12-10(5-8)14(7-18-12)19-13-4-2-9(16)6-11(13)17/h1-7,18H. The number of benzene rings is 2. The molecule has 0 radical (unpaired) electrons. The summed E-state index contributed by atoms with van der Waals surface area (Å²) in [4.78, 5) is 3.15. The Kier molecular flexibility index (Phi) is 3.44. The van der Waals surface area contributed by atoms with Gasteiger partial charge in [-0.1, -0.05) is 39.1 Å². The number of aromatic nitrogens is 1. The predicted octanol–water partition coefficient (Wildman–Crippen LogP) is 6.03. The van der Waals surface area contributed by atoms with Crippen molar-refractivity contribution in [2.75, 3.05) is 0 Å². The molecular weight excluding hydrogens is 349 g/mol. The summed E-state index contributed by atoms with van der Waals surface area (Å²) in [7, 11) is 0. The van der Waals surface area contributed by atoms with Crippen molar-refractivity contribution in [3.8, 4) is 11.5 Å². The SMILES string of the molecule is Clc1ccc(Oc2c[nH]c3ccc(Br)cc23)c(Cl)c1. The van der Waals surface area contributed by atoms with Gasteiger partial charge in [0.25, 0.3) is 0 Å². The van der Waals surface area contributed by atoms with Crippen molar-refractivity contribution in [3.63, 3.8) is 0 Å². The maximum atomic E-state index is 6.10. The van der Waals surface area contributed by atoms with E-state index in [0.717, 1.165) is 21.1 Å². The Morgan fingerprint density at radius 3 is 2.63 bits per heavy atom. The fourth-order valence-corrected chi connectivity index (χ4v) is 2.64. The van der Waals surface area contributed by atoms with Crippen LogP contribution in [0, 0.1) is 0 Å². The Hall–Kier alpha value is -1.16. The predicted molar refractivity (Wildman–Crippen MR) is 82.5 cm³/mol. The molecule has 0 aliphatic heterocycles. The summed E-state index contributed by atoms with van der Waals surface area (Å²) in [6.07, 6.45) is 1.81. The Morgan fingerprint density at radius 1 is 1.00 bits per heavy atom. The summed E-state index contributed by atoms with van der Waals surface area (Å²) in [5, 5.41) is 2.05. The highest BCUT2D eigenvalue weighted by Crippen LogP contribution is 2.35. The highest BCUT2D eigenvalue weighted by molar-refractivity contribution is 9.10. The van der Waals surface area contributed by atoms with Gasteiger partial charge in [0, 0.05) is 26.6 Å². The molecule has 19 heavy (non-hydrogen) atoms. The maximum Gasteiger partial charge on any atom is 0.152 e. The van der Waals surface area contributed by atoms with Gasteiger partial charge in [0.15, 0.2) is 5.75 Å². The topological polar surface area (TPSA) is 25.0 Å². The Balaban J connectivity index is 2.03. The summed E-state index contributed by atoms with van der Waals surface area (Å²) in [6, 6.07) is 11.1. The molecule has 0 atom stereocenters. The van der Waals surface area contributed by atoms with Crippen LogP contribution in [-0.2, 0) is 0 Å². The first-order valence-corrected chi connectivity index (χ1v) is 7.08. The molecule has 0 bridgehead atoms. The fraction of sp³-hybridized carbons (Fsp3) is 0. The molecule has 2 nitrogen and oxygen atoms in total. The van der Waals surface area contributed by atoms with E-state index < -0.39 is 0 Å². The lowest BCUT2D eigenvalue weighted by Gasteiger charge is -2.06. The van der Waals surface area contributed by atoms with Crippen molar-refractivity contribution in [1.29, 1.82) is 0 Å². The lowest BCUT2D eigenvalue weighted by Crippen LogP contribution is -1.84. The summed E-state index contributed by atoms with van der Waals surface area (Å²) in [5.41, 5.74) is 1.00.